The summed E-state index contributed by atoms with van der Waals surface area (Å²) in [5, 5.41) is 8.60. The van der Waals surface area contributed by atoms with Crippen LogP contribution in [0.1, 0.15) is 29.6 Å². The van der Waals surface area contributed by atoms with Gasteiger partial charge in [0.05, 0.1) is 12.1 Å². The largest absolute Gasteiger partial charge is 0.348 e. The molecule has 0 spiro atoms. The Morgan fingerprint density at radius 2 is 1.96 bits per heavy atom. The van der Waals surface area contributed by atoms with Gasteiger partial charge in [-0.3, -0.25) is 0 Å². The summed E-state index contributed by atoms with van der Waals surface area (Å²) < 4.78 is 3.02. The van der Waals surface area contributed by atoms with Crippen LogP contribution in [-0.4, -0.2) is 14.8 Å². The van der Waals surface area contributed by atoms with E-state index in [1.165, 1.54) is 11.1 Å². The molecule has 1 aliphatic rings. The van der Waals surface area contributed by atoms with Crippen LogP contribution in [0.2, 0.25) is 5.02 Å². The van der Waals surface area contributed by atoms with E-state index in [1.54, 1.807) is 6.33 Å². The van der Waals surface area contributed by atoms with Crippen molar-refractivity contribution >= 4 is 33.5 Å². The second kappa shape index (κ2) is 5.98. The number of hydrogen-bond acceptors (Lipinski definition) is 3. The molecule has 1 aliphatic heterocycles. The lowest BCUT2D eigenvalue weighted by molar-refractivity contribution is 0.431. The Hall–Kier alpha value is -1.85. The predicted octanol–water partition coefficient (Wildman–Crippen LogP) is 4.84. The summed E-state index contributed by atoms with van der Waals surface area (Å²) in [6, 6.07) is 16.6. The third kappa shape index (κ3) is 2.86. The maximum absolute atomic E-state index is 6.02. The first kappa shape index (κ1) is 14.7. The number of nitrogens with one attached hydrogen (secondary N) is 1. The van der Waals surface area contributed by atoms with E-state index in [0.29, 0.717) is 0 Å². The highest BCUT2D eigenvalue weighted by Crippen LogP contribution is 2.37. The lowest BCUT2D eigenvalue weighted by Crippen LogP contribution is -2.28. The van der Waals surface area contributed by atoms with Crippen molar-refractivity contribution in [3.05, 3.63) is 75.5 Å². The highest BCUT2D eigenvalue weighted by atomic mass is 79.9. The number of rotatable bonds is 2. The molecular formula is C17H14BrClN4. The van der Waals surface area contributed by atoms with Gasteiger partial charge in [0.25, 0.3) is 0 Å². The molecular weight excluding hydrogens is 376 g/mol. The van der Waals surface area contributed by atoms with Gasteiger partial charge in [0.1, 0.15) is 6.33 Å². The molecule has 0 fully saturated rings. The maximum atomic E-state index is 6.02. The van der Waals surface area contributed by atoms with E-state index in [1.807, 2.05) is 22.9 Å². The Kier molecular flexibility index (Phi) is 3.83. The first-order valence-corrected chi connectivity index (χ1v) is 8.55. The SMILES string of the molecule is Clc1ccc([C@@H]2C[C@H](c3cccc(Br)c3)Nc3ncnn32)cc1. The van der Waals surface area contributed by atoms with Crippen LogP contribution in [0.15, 0.2) is 59.3 Å². The quantitative estimate of drug-likeness (QED) is 0.682. The van der Waals surface area contributed by atoms with E-state index in [2.05, 4.69) is 61.7 Å². The average Bonchev–Trinajstić information content (AvgIpc) is 3.03. The highest BCUT2D eigenvalue weighted by Gasteiger charge is 2.29. The predicted molar refractivity (Wildman–Crippen MR) is 94.7 cm³/mol. The molecule has 116 valence electrons. The second-order valence-corrected chi connectivity index (χ2v) is 6.94. The van der Waals surface area contributed by atoms with Crippen molar-refractivity contribution in [2.75, 3.05) is 5.32 Å². The van der Waals surface area contributed by atoms with E-state index in [4.69, 9.17) is 11.6 Å². The minimum Gasteiger partial charge on any atom is -0.348 e. The van der Waals surface area contributed by atoms with E-state index < -0.39 is 0 Å². The van der Waals surface area contributed by atoms with Crippen LogP contribution in [0, 0.1) is 0 Å². The molecule has 1 aromatic heterocycles. The zero-order valence-corrected chi connectivity index (χ0v) is 14.5. The first-order chi connectivity index (χ1) is 11.2. The van der Waals surface area contributed by atoms with Crippen molar-refractivity contribution in [3.8, 4) is 0 Å². The van der Waals surface area contributed by atoms with Gasteiger partial charge in [-0.05, 0) is 41.8 Å². The molecule has 0 radical (unpaired) electrons. The van der Waals surface area contributed by atoms with Crippen LogP contribution in [0.25, 0.3) is 0 Å². The highest BCUT2D eigenvalue weighted by molar-refractivity contribution is 9.10. The molecule has 1 N–H and O–H groups in total. The Morgan fingerprint density at radius 1 is 1.13 bits per heavy atom. The van der Waals surface area contributed by atoms with Crippen LogP contribution in [-0.2, 0) is 0 Å². The van der Waals surface area contributed by atoms with Gasteiger partial charge < -0.3 is 5.32 Å². The molecule has 4 nitrogen and oxygen atoms in total. The fourth-order valence-corrected chi connectivity index (χ4v) is 3.57. The molecule has 6 heteroatoms. The third-order valence-electron chi connectivity index (χ3n) is 4.14. The van der Waals surface area contributed by atoms with Crippen LogP contribution in [0.4, 0.5) is 5.95 Å². The number of benzene rings is 2. The number of anilines is 1. The number of fused-ring (bicyclic) bond motifs is 1. The van der Waals surface area contributed by atoms with E-state index in [9.17, 15) is 0 Å². The Labute approximate surface area is 147 Å². The van der Waals surface area contributed by atoms with E-state index in [-0.39, 0.29) is 12.1 Å². The van der Waals surface area contributed by atoms with Crippen LogP contribution in [0.5, 0.6) is 0 Å². The number of hydrogen-bond donors (Lipinski definition) is 1. The Morgan fingerprint density at radius 3 is 2.74 bits per heavy atom. The molecule has 0 unspecified atom stereocenters. The zero-order valence-electron chi connectivity index (χ0n) is 12.2. The minimum atomic E-state index is 0.134. The molecule has 3 aromatic rings. The maximum Gasteiger partial charge on any atom is 0.222 e. The molecule has 0 aliphatic carbocycles. The Balaban J connectivity index is 1.73. The minimum absolute atomic E-state index is 0.134. The Bertz CT molecular complexity index is 831. The molecule has 0 amide bonds. The first-order valence-electron chi connectivity index (χ1n) is 7.38. The van der Waals surface area contributed by atoms with Gasteiger partial charge in [0.15, 0.2) is 0 Å². The second-order valence-electron chi connectivity index (χ2n) is 5.58. The molecule has 4 rings (SSSR count). The summed E-state index contributed by atoms with van der Waals surface area (Å²) in [6.07, 6.45) is 2.49. The van der Waals surface area contributed by atoms with Crippen LogP contribution >= 0.6 is 27.5 Å². The average molecular weight is 390 g/mol. The molecule has 2 atom stereocenters. The van der Waals surface area contributed by atoms with Crippen molar-refractivity contribution in [3.63, 3.8) is 0 Å². The summed E-state index contributed by atoms with van der Waals surface area (Å²) in [5.41, 5.74) is 2.41. The molecule has 0 bridgehead atoms. The summed E-state index contributed by atoms with van der Waals surface area (Å²) >= 11 is 9.56. The standard InChI is InChI=1S/C17H14BrClN4/c18-13-3-1-2-12(8-13)15-9-16(11-4-6-14(19)7-5-11)23-17(22-15)20-10-21-23/h1-8,10,15-16H,9H2,(H,20,21,22)/t15-,16+/m1/s1. The van der Waals surface area contributed by atoms with Crippen molar-refractivity contribution in [2.24, 2.45) is 0 Å². The van der Waals surface area contributed by atoms with Crippen molar-refractivity contribution in [1.82, 2.24) is 14.8 Å². The lowest BCUT2D eigenvalue weighted by atomic mass is 9.93. The van der Waals surface area contributed by atoms with Crippen molar-refractivity contribution < 1.29 is 0 Å². The summed E-state index contributed by atoms with van der Waals surface area (Å²) in [7, 11) is 0. The molecule has 2 heterocycles. The molecule has 0 saturated carbocycles. The molecule has 2 aromatic carbocycles. The van der Waals surface area contributed by atoms with Gasteiger partial charge in [0, 0.05) is 9.50 Å². The van der Waals surface area contributed by atoms with Crippen molar-refractivity contribution in [2.45, 2.75) is 18.5 Å². The summed E-state index contributed by atoms with van der Waals surface area (Å²) in [6.45, 7) is 0. The number of nitrogens with zero attached hydrogens (tertiary/aromatic N) is 3. The van der Waals surface area contributed by atoms with Crippen LogP contribution < -0.4 is 5.32 Å². The molecule has 0 saturated heterocycles. The summed E-state index contributed by atoms with van der Waals surface area (Å²) in [5.74, 6) is 0.793. The topological polar surface area (TPSA) is 42.7 Å². The van der Waals surface area contributed by atoms with E-state index >= 15 is 0 Å². The van der Waals surface area contributed by atoms with Crippen LogP contribution in [0.3, 0.4) is 0 Å². The monoisotopic (exact) mass is 388 g/mol. The van der Waals surface area contributed by atoms with Gasteiger partial charge in [-0.15, -0.1) is 0 Å². The summed E-state index contributed by atoms with van der Waals surface area (Å²) in [4.78, 5) is 4.35. The van der Waals surface area contributed by atoms with Gasteiger partial charge in [-0.2, -0.15) is 10.1 Å². The zero-order chi connectivity index (χ0) is 15.8. The third-order valence-corrected chi connectivity index (χ3v) is 4.88. The van der Waals surface area contributed by atoms with E-state index in [0.717, 1.165) is 21.9 Å². The lowest BCUT2D eigenvalue weighted by Gasteiger charge is -2.32. The van der Waals surface area contributed by atoms with Crippen molar-refractivity contribution in [1.29, 1.82) is 0 Å². The number of aromatic nitrogens is 3. The molecule has 23 heavy (non-hydrogen) atoms. The fourth-order valence-electron chi connectivity index (χ4n) is 3.02. The van der Waals surface area contributed by atoms with Gasteiger partial charge in [-0.1, -0.05) is 51.8 Å². The smallest absolute Gasteiger partial charge is 0.222 e. The number of halogens is 2. The fraction of sp³-hybridized carbons (Fsp3) is 0.176. The van der Waals surface area contributed by atoms with Gasteiger partial charge >= 0.3 is 0 Å². The van der Waals surface area contributed by atoms with Gasteiger partial charge in [0.2, 0.25) is 5.95 Å². The normalized spacial score (nSPS) is 19.9. The van der Waals surface area contributed by atoms with Gasteiger partial charge in [-0.25, -0.2) is 4.68 Å².